The van der Waals surface area contributed by atoms with E-state index in [1.165, 1.54) is 7.11 Å². The van der Waals surface area contributed by atoms with Crippen LogP contribution in [0.25, 0.3) is 10.9 Å². The summed E-state index contributed by atoms with van der Waals surface area (Å²) in [5.74, 6) is -0.359. The number of rotatable bonds is 2. The van der Waals surface area contributed by atoms with E-state index in [-0.39, 0.29) is 18.1 Å². The molecule has 1 amide bonds. The summed E-state index contributed by atoms with van der Waals surface area (Å²) in [6.07, 6.45) is 1.31. The summed E-state index contributed by atoms with van der Waals surface area (Å²) in [7, 11) is 1.38. The fourth-order valence-electron chi connectivity index (χ4n) is 3.44. The Hall–Kier alpha value is -2.57. The van der Waals surface area contributed by atoms with Gasteiger partial charge in [-0.3, -0.25) is 4.68 Å². The maximum absolute atomic E-state index is 12.3. The van der Waals surface area contributed by atoms with Crippen molar-refractivity contribution in [1.29, 1.82) is 0 Å². The van der Waals surface area contributed by atoms with Crippen LogP contribution >= 0.6 is 0 Å². The Balaban J connectivity index is 1.79. The third-order valence-corrected chi connectivity index (χ3v) is 4.78. The molecule has 0 saturated carbocycles. The highest BCUT2D eigenvalue weighted by Gasteiger charge is 2.29. The van der Waals surface area contributed by atoms with Gasteiger partial charge in [-0.1, -0.05) is 6.07 Å². The van der Waals surface area contributed by atoms with Crippen LogP contribution in [0.15, 0.2) is 18.2 Å². The minimum Gasteiger partial charge on any atom is -0.465 e. The minimum absolute atomic E-state index is 0.174. The summed E-state index contributed by atoms with van der Waals surface area (Å²) in [5, 5.41) is 5.72. The van der Waals surface area contributed by atoms with Crippen molar-refractivity contribution in [2.24, 2.45) is 0 Å². The molecule has 1 aromatic heterocycles. The van der Waals surface area contributed by atoms with Crippen molar-refractivity contribution < 1.29 is 19.1 Å². The predicted octanol–water partition coefficient (Wildman–Crippen LogP) is 3.70. The molecule has 3 rings (SSSR count). The topological polar surface area (TPSA) is 73.7 Å². The average Bonchev–Trinajstić information content (AvgIpc) is 2.96. The van der Waals surface area contributed by atoms with E-state index >= 15 is 0 Å². The number of aryl methyl sites for hydroxylation is 1. The minimum atomic E-state index is -0.493. The van der Waals surface area contributed by atoms with E-state index in [0.717, 1.165) is 29.4 Å². The molecule has 7 heteroatoms. The molecule has 0 bridgehead atoms. The number of hydrogen-bond acceptors (Lipinski definition) is 5. The van der Waals surface area contributed by atoms with Crippen LogP contribution in [-0.2, 0) is 9.47 Å². The molecule has 27 heavy (non-hydrogen) atoms. The van der Waals surface area contributed by atoms with Crippen molar-refractivity contribution >= 4 is 23.0 Å². The molecule has 0 aliphatic carbocycles. The number of likely N-dealkylation sites (tertiary alicyclic amines) is 1. The van der Waals surface area contributed by atoms with Gasteiger partial charge in [-0.25, -0.2) is 9.59 Å². The standard InChI is InChI=1S/C20H27N3O4/c1-13-16-7-6-14(18(24)26-5)12-17(16)23(21-13)15-8-10-22(11-9-15)19(25)27-20(2,3)4/h6-7,12,15H,8-11H2,1-5H3. The number of ether oxygens (including phenoxy) is 2. The molecular formula is C20H27N3O4. The van der Waals surface area contributed by atoms with E-state index in [1.54, 1.807) is 11.0 Å². The number of carbonyl (C=O) groups excluding carboxylic acids is 2. The molecule has 1 aliphatic heterocycles. The maximum atomic E-state index is 12.3. The third kappa shape index (κ3) is 4.07. The van der Waals surface area contributed by atoms with Crippen LogP contribution in [-0.4, -0.2) is 52.5 Å². The summed E-state index contributed by atoms with van der Waals surface area (Å²) in [5.41, 5.74) is 1.87. The normalized spacial score (nSPS) is 15.8. The van der Waals surface area contributed by atoms with Crippen molar-refractivity contribution in [2.75, 3.05) is 20.2 Å². The number of piperidine rings is 1. The first-order valence-electron chi connectivity index (χ1n) is 9.24. The van der Waals surface area contributed by atoms with E-state index in [0.29, 0.717) is 18.7 Å². The number of amides is 1. The molecule has 0 radical (unpaired) electrons. The zero-order chi connectivity index (χ0) is 19.8. The lowest BCUT2D eigenvalue weighted by Crippen LogP contribution is -2.42. The monoisotopic (exact) mass is 373 g/mol. The number of nitrogens with zero attached hydrogens (tertiary/aromatic N) is 3. The first-order chi connectivity index (χ1) is 12.7. The van der Waals surface area contributed by atoms with Crippen LogP contribution in [0.2, 0.25) is 0 Å². The molecular weight excluding hydrogens is 346 g/mol. The highest BCUT2D eigenvalue weighted by Crippen LogP contribution is 2.29. The van der Waals surface area contributed by atoms with Crippen molar-refractivity contribution in [3.63, 3.8) is 0 Å². The lowest BCUT2D eigenvalue weighted by atomic mass is 10.0. The molecule has 2 heterocycles. The second-order valence-corrected chi connectivity index (χ2v) is 7.95. The van der Waals surface area contributed by atoms with Crippen LogP contribution in [0.4, 0.5) is 4.79 Å². The van der Waals surface area contributed by atoms with Gasteiger partial charge in [0.05, 0.1) is 29.9 Å². The highest BCUT2D eigenvalue weighted by atomic mass is 16.6. The Morgan fingerprint density at radius 2 is 1.85 bits per heavy atom. The molecule has 1 fully saturated rings. The largest absolute Gasteiger partial charge is 0.465 e. The first-order valence-corrected chi connectivity index (χ1v) is 9.24. The Bertz CT molecular complexity index is 858. The Labute approximate surface area is 159 Å². The number of aromatic nitrogens is 2. The van der Waals surface area contributed by atoms with Gasteiger partial charge in [0.2, 0.25) is 0 Å². The van der Waals surface area contributed by atoms with Crippen LogP contribution in [0.5, 0.6) is 0 Å². The summed E-state index contributed by atoms with van der Waals surface area (Å²) in [6.45, 7) is 8.82. The molecule has 146 valence electrons. The average molecular weight is 373 g/mol. The quantitative estimate of drug-likeness (QED) is 0.751. The van der Waals surface area contributed by atoms with Gasteiger partial charge in [0.15, 0.2) is 0 Å². The summed E-state index contributed by atoms with van der Waals surface area (Å²) in [6, 6.07) is 5.68. The second-order valence-electron chi connectivity index (χ2n) is 7.95. The Morgan fingerprint density at radius 3 is 2.44 bits per heavy atom. The number of esters is 1. The molecule has 0 N–H and O–H groups in total. The molecule has 0 atom stereocenters. The van der Waals surface area contributed by atoms with Gasteiger partial charge in [-0.2, -0.15) is 5.10 Å². The number of benzene rings is 1. The van der Waals surface area contributed by atoms with Gasteiger partial charge in [-0.05, 0) is 52.7 Å². The smallest absolute Gasteiger partial charge is 0.410 e. The van der Waals surface area contributed by atoms with Crippen LogP contribution in [0, 0.1) is 6.92 Å². The molecule has 1 aromatic carbocycles. The van der Waals surface area contributed by atoms with E-state index in [9.17, 15) is 9.59 Å². The predicted molar refractivity (Wildman–Crippen MR) is 102 cm³/mol. The lowest BCUT2D eigenvalue weighted by Gasteiger charge is -2.33. The number of fused-ring (bicyclic) bond motifs is 1. The number of carbonyl (C=O) groups is 2. The summed E-state index contributed by atoms with van der Waals surface area (Å²) < 4.78 is 12.3. The van der Waals surface area contributed by atoms with Crippen molar-refractivity contribution in [2.45, 2.75) is 52.2 Å². The van der Waals surface area contributed by atoms with Crippen molar-refractivity contribution in [1.82, 2.24) is 14.7 Å². The maximum Gasteiger partial charge on any atom is 0.410 e. The third-order valence-electron chi connectivity index (χ3n) is 4.78. The highest BCUT2D eigenvalue weighted by molar-refractivity contribution is 5.95. The van der Waals surface area contributed by atoms with Gasteiger partial charge >= 0.3 is 12.1 Å². The second kappa shape index (κ2) is 7.21. The van der Waals surface area contributed by atoms with E-state index in [4.69, 9.17) is 14.6 Å². The fourth-order valence-corrected chi connectivity index (χ4v) is 3.44. The zero-order valence-corrected chi connectivity index (χ0v) is 16.6. The Morgan fingerprint density at radius 1 is 1.19 bits per heavy atom. The van der Waals surface area contributed by atoms with Gasteiger partial charge < -0.3 is 14.4 Å². The number of methoxy groups -OCH3 is 1. The fraction of sp³-hybridized carbons (Fsp3) is 0.550. The van der Waals surface area contributed by atoms with Gasteiger partial charge in [0.1, 0.15) is 5.60 Å². The summed E-state index contributed by atoms with van der Waals surface area (Å²) >= 11 is 0. The first kappa shape index (κ1) is 19.2. The molecule has 1 aliphatic rings. The SMILES string of the molecule is COC(=O)c1ccc2c(C)nn(C3CCN(C(=O)OC(C)(C)C)CC3)c2c1. The van der Waals surface area contributed by atoms with E-state index in [1.807, 2.05) is 44.5 Å². The van der Waals surface area contributed by atoms with Gasteiger partial charge in [-0.15, -0.1) is 0 Å². The summed E-state index contributed by atoms with van der Waals surface area (Å²) in [4.78, 5) is 25.9. The van der Waals surface area contributed by atoms with Crippen LogP contribution < -0.4 is 0 Å². The van der Waals surface area contributed by atoms with Gasteiger partial charge in [0.25, 0.3) is 0 Å². The molecule has 0 unspecified atom stereocenters. The molecule has 7 nitrogen and oxygen atoms in total. The lowest BCUT2D eigenvalue weighted by molar-refractivity contribution is 0.0186. The Kier molecular flexibility index (Phi) is 5.13. The van der Waals surface area contributed by atoms with E-state index in [2.05, 4.69) is 0 Å². The van der Waals surface area contributed by atoms with Crippen LogP contribution in [0.3, 0.4) is 0 Å². The van der Waals surface area contributed by atoms with Crippen LogP contribution in [0.1, 0.15) is 55.7 Å². The molecule has 1 saturated heterocycles. The van der Waals surface area contributed by atoms with Crippen molar-refractivity contribution in [3.05, 3.63) is 29.5 Å². The molecule has 2 aromatic rings. The van der Waals surface area contributed by atoms with E-state index < -0.39 is 5.60 Å². The van der Waals surface area contributed by atoms with Crippen molar-refractivity contribution in [3.8, 4) is 0 Å². The zero-order valence-electron chi connectivity index (χ0n) is 16.6. The van der Waals surface area contributed by atoms with Gasteiger partial charge in [0, 0.05) is 18.5 Å². The number of hydrogen-bond donors (Lipinski definition) is 0. The molecule has 0 spiro atoms.